The summed E-state index contributed by atoms with van der Waals surface area (Å²) < 4.78 is 22.5. The molecule has 0 atom stereocenters. The molecule has 0 saturated carbocycles. The Bertz CT molecular complexity index is 759. The second-order valence-electron chi connectivity index (χ2n) is 5.89. The molecular formula is C18H23N3O5. The number of ether oxygens (including phenoxy) is 4. The van der Waals surface area contributed by atoms with E-state index in [1.165, 1.54) is 4.68 Å². The molecule has 3 rings (SSSR count). The first kappa shape index (κ1) is 18.2. The monoisotopic (exact) mass is 361 g/mol. The lowest BCUT2D eigenvalue weighted by molar-refractivity contribution is 0.0881. The van der Waals surface area contributed by atoms with Gasteiger partial charge in [-0.05, 0) is 24.6 Å². The van der Waals surface area contributed by atoms with Crippen molar-refractivity contribution in [3.8, 4) is 28.9 Å². The largest absolute Gasteiger partial charge is 0.460 e. The molecule has 26 heavy (non-hydrogen) atoms. The summed E-state index contributed by atoms with van der Waals surface area (Å²) in [7, 11) is 1.59. The van der Waals surface area contributed by atoms with Crippen molar-refractivity contribution in [1.82, 2.24) is 14.8 Å². The lowest BCUT2D eigenvalue weighted by atomic mass is 10.1. The normalized spacial score (nSPS) is 12.4. The fraction of sp³-hybridized carbons (Fsp3) is 0.500. The number of aromatic nitrogens is 3. The number of methoxy groups -OCH3 is 1. The summed E-state index contributed by atoms with van der Waals surface area (Å²) in [6.07, 6.45) is 3.27. The second-order valence-corrected chi connectivity index (χ2v) is 5.89. The molecule has 0 spiro atoms. The van der Waals surface area contributed by atoms with E-state index >= 15 is 0 Å². The number of unbranched alkanes of at least 4 members (excludes halogenated alkanes) is 2. The highest BCUT2D eigenvalue weighted by Gasteiger charge is 2.21. The Labute approximate surface area is 152 Å². The van der Waals surface area contributed by atoms with Gasteiger partial charge in [-0.15, -0.1) is 5.10 Å². The van der Waals surface area contributed by atoms with Gasteiger partial charge >= 0.3 is 6.01 Å². The van der Waals surface area contributed by atoms with Gasteiger partial charge in [-0.25, -0.2) is 0 Å². The molecule has 0 unspecified atom stereocenters. The SMILES string of the molecule is CCCCCC(=O)n1nc(OCCOC)nc1-c1ccc2c(c1)OCO2. The van der Waals surface area contributed by atoms with Crippen molar-refractivity contribution in [3.63, 3.8) is 0 Å². The van der Waals surface area contributed by atoms with E-state index in [2.05, 4.69) is 17.0 Å². The Morgan fingerprint density at radius 3 is 2.88 bits per heavy atom. The van der Waals surface area contributed by atoms with Gasteiger partial charge in [-0.3, -0.25) is 4.79 Å². The summed E-state index contributed by atoms with van der Waals surface area (Å²) in [6, 6.07) is 5.57. The minimum atomic E-state index is -0.111. The third kappa shape index (κ3) is 4.13. The van der Waals surface area contributed by atoms with Gasteiger partial charge in [-0.1, -0.05) is 19.8 Å². The Balaban J connectivity index is 1.87. The molecule has 8 heteroatoms. The standard InChI is InChI=1S/C18H23N3O5/c1-3-4-5-6-16(22)21-17(19-18(20-21)24-10-9-23-2)13-7-8-14-15(11-13)26-12-25-14/h7-8,11H,3-6,9-10,12H2,1-2H3. The average Bonchev–Trinajstić information content (AvgIpc) is 3.28. The lowest BCUT2D eigenvalue weighted by Gasteiger charge is -2.05. The zero-order valence-corrected chi connectivity index (χ0v) is 15.1. The van der Waals surface area contributed by atoms with Crippen molar-refractivity contribution >= 4 is 5.91 Å². The predicted molar refractivity (Wildman–Crippen MR) is 93.7 cm³/mol. The molecule has 0 amide bonds. The van der Waals surface area contributed by atoms with E-state index in [1.54, 1.807) is 19.2 Å². The zero-order chi connectivity index (χ0) is 18.4. The molecule has 0 aliphatic carbocycles. The van der Waals surface area contributed by atoms with Crippen LogP contribution in [0.1, 0.15) is 37.4 Å². The van der Waals surface area contributed by atoms with E-state index in [1.807, 2.05) is 6.07 Å². The first-order valence-corrected chi connectivity index (χ1v) is 8.75. The molecule has 1 aromatic heterocycles. The summed E-state index contributed by atoms with van der Waals surface area (Å²) in [5, 5.41) is 4.24. The lowest BCUT2D eigenvalue weighted by Crippen LogP contribution is -2.14. The number of carbonyl (C=O) groups excluding carboxylic acids is 1. The molecule has 0 bridgehead atoms. The molecule has 1 aliphatic rings. The molecule has 0 radical (unpaired) electrons. The van der Waals surface area contributed by atoms with E-state index in [-0.39, 0.29) is 18.7 Å². The van der Waals surface area contributed by atoms with Crippen LogP contribution < -0.4 is 14.2 Å². The molecule has 8 nitrogen and oxygen atoms in total. The third-order valence-corrected chi connectivity index (χ3v) is 3.97. The quantitative estimate of drug-likeness (QED) is 0.635. The van der Waals surface area contributed by atoms with Crippen molar-refractivity contribution in [3.05, 3.63) is 18.2 Å². The maximum Gasteiger partial charge on any atom is 0.336 e. The van der Waals surface area contributed by atoms with Crippen LogP contribution in [0, 0.1) is 0 Å². The molecular weight excluding hydrogens is 338 g/mol. The van der Waals surface area contributed by atoms with Crippen molar-refractivity contribution in [1.29, 1.82) is 0 Å². The highest BCUT2D eigenvalue weighted by molar-refractivity contribution is 5.82. The van der Waals surface area contributed by atoms with Crippen LogP contribution in [-0.4, -0.2) is 47.8 Å². The van der Waals surface area contributed by atoms with Gasteiger partial charge in [0.15, 0.2) is 17.3 Å². The average molecular weight is 361 g/mol. The van der Waals surface area contributed by atoms with Crippen LogP contribution in [0.25, 0.3) is 11.4 Å². The summed E-state index contributed by atoms with van der Waals surface area (Å²) in [6.45, 7) is 3.01. The zero-order valence-electron chi connectivity index (χ0n) is 15.1. The van der Waals surface area contributed by atoms with E-state index in [0.29, 0.717) is 42.5 Å². The molecule has 1 aromatic carbocycles. The second kappa shape index (κ2) is 8.66. The number of hydrogen-bond acceptors (Lipinski definition) is 7. The van der Waals surface area contributed by atoms with Crippen LogP contribution in [0.3, 0.4) is 0 Å². The number of nitrogens with zero attached hydrogens (tertiary/aromatic N) is 3. The molecule has 140 valence electrons. The minimum absolute atomic E-state index is 0.111. The number of carbonyl (C=O) groups is 1. The molecule has 2 aromatic rings. The topological polar surface area (TPSA) is 84.7 Å². The van der Waals surface area contributed by atoms with Gasteiger partial charge in [0, 0.05) is 19.1 Å². The van der Waals surface area contributed by atoms with Crippen LogP contribution in [-0.2, 0) is 4.74 Å². The number of benzene rings is 1. The van der Waals surface area contributed by atoms with Crippen LogP contribution in [0.4, 0.5) is 0 Å². The van der Waals surface area contributed by atoms with Crippen LogP contribution >= 0.6 is 0 Å². The van der Waals surface area contributed by atoms with E-state index in [0.717, 1.165) is 19.3 Å². The number of fused-ring (bicyclic) bond motifs is 1. The maximum atomic E-state index is 12.6. The minimum Gasteiger partial charge on any atom is -0.460 e. The van der Waals surface area contributed by atoms with Crippen molar-refractivity contribution < 1.29 is 23.7 Å². The van der Waals surface area contributed by atoms with Crippen LogP contribution in [0.15, 0.2) is 18.2 Å². The first-order valence-electron chi connectivity index (χ1n) is 8.75. The van der Waals surface area contributed by atoms with Gasteiger partial charge in [-0.2, -0.15) is 9.67 Å². The highest BCUT2D eigenvalue weighted by Crippen LogP contribution is 2.35. The molecule has 2 heterocycles. The fourth-order valence-electron chi connectivity index (χ4n) is 2.60. The first-order chi connectivity index (χ1) is 12.7. The molecule has 0 fully saturated rings. The number of hydrogen-bond donors (Lipinski definition) is 0. The molecule has 0 saturated heterocycles. The Kier molecular flexibility index (Phi) is 6.06. The number of rotatable bonds is 9. The fourth-order valence-corrected chi connectivity index (χ4v) is 2.60. The highest BCUT2D eigenvalue weighted by atomic mass is 16.7. The summed E-state index contributed by atoms with van der Waals surface area (Å²) in [5.41, 5.74) is 0.715. The van der Waals surface area contributed by atoms with Crippen molar-refractivity contribution in [2.45, 2.75) is 32.6 Å². The predicted octanol–water partition coefficient (Wildman–Crippen LogP) is 2.92. The Morgan fingerprint density at radius 2 is 2.08 bits per heavy atom. The summed E-state index contributed by atoms with van der Waals surface area (Å²) >= 11 is 0. The van der Waals surface area contributed by atoms with Gasteiger partial charge in [0.1, 0.15) is 6.61 Å². The smallest absolute Gasteiger partial charge is 0.336 e. The van der Waals surface area contributed by atoms with E-state index < -0.39 is 0 Å². The van der Waals surface area contributed by atoms with Crippen molar-refractivity contribution in [2.75, 3.05) is 27.1 Å². The summed E-state index contributed by atoms with van der Waals surface area (Å²) in [5.74, 6) is 1.61. The van der Waals surface area contributed by atoms with Crippen LogP contribution in [0.5, 0.6) is 17.5 Å². The van der Waals surface area contributed by atoms with Gasteiger partial charge in [0.2, 0.25) is 12.7 Å². The third-order valence-electron chi connectivity index (χ3n) is 3.97. The van der Waals surface area contributed by atoms with Crippen LogP contribution in [0.2, 0.25) is 0 Å². The van der Waals surface area contributed by atoms with Gasteiger partial charge in [0.25, 0.3) is 0 Å². The van der Waals surface area contributed by atoms with E-state index in [4.69, 9.17) is 18.9 Å². The molecule has 1 aliphatic heterocycles. The Morgan fingerprint density at radius 1 is 1.23 bits per heavy atom. The van der Waals surface area contributed by atoms with Gasteiger partial charge < -0.3 is 18.9 Å². The summed E-state index contributed by atoms with van der Waals surface area (Å²) in [4.78, 5) is 17.0. The molecule has 0 N–H and O–H groups in total. The Hall–Kier alpha value is -2.61. The van der Waals surface area contributed by atoms with E-state index in [9.17, 15) is 4.79 Å². The maximum absolute atomic E-state index is 12.6. The van der Waals surface area contributed by atoms with Crippen molar-refractivity contribution in [2.24, 2.45) is 0 Å². The van der Waals surface area contributed by atoms with Gasteiger partial charge in [0.05, 0.1) is 6.61 Å².